The molecular formula is C19H23NO6S. The number of hydrogen-bond donors (Lipinski definition) is 1. The van der Waals surface area contributed by atoms with Crippen LogP contribution in [-0.2, 0) is 37.0 Å². The van der Waals surface area contributed by atoms with Gasteiger partial charge in [0.05, 0.1) is 32.1 Å². The van der Waals surface area contributed by atoms with Crippen molar-refractivity contribution in [3.63, 3.8) is 0 Å². The number of carbonyl (C=O) groups is 1. The Morgan fingerprint density at radius 1 is 0.926 bits per heavy atom. The molecule has 2 aromatic carbocycles. The molecule has 2 aromatic rings. The molecule has 2 rings (SSSR count). The van der Waals surface area contributed by atoms with E-state index >= 15 is 0 Å². The third kappa shape index (κ3) is 9.18. The number of ether oxygens (including phenoxy) is 2. The third-order valence-corrected chi connectivity index (χ3v) is 4.01. The van der Waals surface area contributed by atoms with Crippen LogP contribution in [-0.4, -0.2) is 40.0 Å². The highest BCUT2D eigenvalue weighted by atomic mass is 32.2. The van der Waals surface area contributed by atoms with Crippen molar-refractivity contribution in [3.05, 3.63) is 71.8 Å². The summed E-state index contributed by atoms with van der Waals surface area (Å²) >= 11 is 0. The van der Waals surface area contributed by atoms with E-state index in [1.165, 1.54) is 0 Å². The van der Waals surface area contributed by atoms with Crippen LogP contribution in [0.1, 0.15) is 11.1 Å². The largest absolute Gasteiger partial charge is 0.445 e. The number of carbonyl (C=O) groups excluding carboxylic acids is 1. The van der Waals surface area contributed by atoms with Crippen LogP contribution < -0.4 is 5.32 Å². The minimum Gasteiger partial charge on any atom is -0.445 e. The van der Waals surface area contributed by atoms with Crippen LogP contribution in [0, 0.1) is 0 Å². The third-order valence-electron chi connectivity index (χ3n) is 3.45. The van der Waals surface area contributed by atoms with Crippen molar-refractivity contribution < 1.29 is 26.9 Å². The Hall–Kier alpha value is -2.42. The van der Waals surface area contributed by atoms with Crippen LogP contribution in [0.15, 0.2) is 60.7 Å². The Kier molecular flexibility index (Phi) is 8.25. The van der Waals surface area contributed by atoms with Gasteiger partial charge in [-0.05, 0) is 11.1 Å². The van der Waals surface area contributed by atoms with Crippen molar-refractivity contribution in [3.8, 4) is 0 Å². The number of alkyl carbamates (subject to hydrolysis) is 1. The van der Waals surface area contributed by atoms with Gasteiger partial charge in [-0.15, -0.1) is 0 Å². The Balaban J connectivity index is 1.83. The summed E-state index contributed by atoms with van der Waals surface area (Å²) < 4.78 is 37.9. The van der Waals surface area contributed by atoms with Crippen LogP contribution >= 0.6 is 0 Å². The predicted molar refractivity (Wildman–Crippen MR) is 100 cm³/mol. The van der Waals surface area contributed by atoms with Crippen LogP contribution in [0.2, 0.25) is 0 Å². The summed E-state index contributed by atoms with van der Waals surface area (Å²) in [7, 11) is -3.64. The molecule has 0 aromatic heterocycles. The van der Waals surface area contributed by atoms with Gasteiger partial charge in [0.25, 0.3) is 10.1 Å². The van der Waals surface area contributed by atoms with E-state index in [9.17, 15) is 13.2 Å². The standard InChI is InChI=1S/C19H23NO6S/c1-27(22,23)26-15-18(14-24-12-16-8-4-2-5-9-16)20-19(21)25-13-17-10-6-3-7-11-17/h2-11,18H,12-15H2,1H3,(H,20,21)/t18-/m0/s1. The van der Waals surface area contributed by atoms with Crippen LogP contribution in [0.3, 0.4) is 0 Å². The molecule has 8 heteroatoms. The van der Waals surface area contributed by atoms with Crippen LogP contribution in [0.5, 0.6) is 0 Å². The summed E-state index contributed by atoms with van der Waals surface area (Å²) in [6, 6.07) is 18.0. The van der Waals surface area contributed by atoms with Gasteiger partial charge in [0.15, 0.2) is 0 Å². The molecule has 7 nitrogen and oxygen atoms in total. The van der Waals surface area contributed by atoms with Gasteiger partial charge in [0, 0.05) is 0 Å². The number of hydrogen-bond acceptors (Lipinski definition) is 6. The minimum atomic E-state index is -3.64. The molecule has 0 aliphatic heterocycles. The van der Waals surface area contributed by atoms with E-state index in [1.807, 2.05) is 60.7 Å². The molecule has 0 bridgehead atoms. The Morgan fingerprint density at radius 3 is 2.04 bits per heavy atom. The van der Waals surface area contributed by atoms with Crippen LogP contribution in [0.25, 0.3) is 0 Å². The van der Waals surface area contributed by atoms with Crippen molar-refractivity contribution in [2.24, 2.45) is 0 Å². The molecule has 0 fully saturated rings. The Labute approximate surface area is 159 Å². The highest BCUT2D eigenvalue weighted by Crippen LogP contribution is 2.04. The van der Waals surface area contributed by atoms with Crippen molar-refractivity contribution >= 4 is 16.2 Å². The van der Waals surface area contributed by atoms with E-state index in [1.54, 1.807) is 0 Å². The monoisotopic (exact) mass is 393 g/mol. The fourth-order valence-electron chi connectivity index (χ4n) is 2.16. The minimum absolute atomic E-state index is 0.0743. The molecule has 1 amide bonds. The molecule has 1 N–H and O–H groups in total. The molecule has 0 saturated heterocycles. The van der Waals surface area contributed by atoms with Crippen molar-refractivity contribution in [2.45, 2.75) is 19.3 Å². The van der Waals surface area contributed by atoms with Crippen molar-refractivity contribution in [1.29, 1.82) is 0 Å². The Bertz CT molecular complexity index is 795. The summed E-state index contributed by atoms with van der Waals surface area (Å²) in [5, 5.41) is 2.57. The normalized spacial score (nSPS) is 12.3. The molecule has 0 unspecified atom stereocenters. The smallest absolute Gasteiger partial charge is 0.407 e. The molecule has 0 heterocycles. The molecule has 146 valence electrons. The second kappa shape index (κ2) is 10.7. The molecule has 1 atom stereocenters. The SMILES string of the molecule is CS(=O)(=O)OC[C@H](COCc1ccccc1)NC(=O)OCc1ccccc1. The lowest BCUT2D eigenvalue weighted by atomic mass is 10.2. The lowest BCUT2D eigenvalue weighted by Crippen LogP contribution is -2.42. The first kappa shape index (κ1) is 20.9. The zero-order valence-electron chi connectivity index (χ0n) is 15.0. The van der Waals surface area contributed by atoms with E-state index in [4.69, 9.17) is 13.7 Å². The van der Waals surface area contributed by atoms with Gasteiger partial charge < -0.3 is 14.8 Å². The summed E-state index contributed by atoms with van der Waals surface area (Å²) in [6.07, 6.45) is 0.270. The maximum atomic E-state index is 12.0. The number of amides is 1. The summed E-state index contributed by atoms with van der Waals surface area (Å²) in [4.78, 5) is 12.0. The highest BCUT2D eigenvalue weighted by molar-refractivity contribution is 7.85. The first-order valence-electron chi connectivity index (χ1n) is 8.35. The second-order valence-corrected chi connectivity index (χ2v) is 7.54. The van der Waals surface area contributed by atoms with Gasteiger partial charge in [-0.3, -0.25) is 4.18 Å². The van der Waals surface area contributed by atoms with Crippen LogP contribution in [0.4, 0.5) is 4.79 Å². The Morgan fingerprint density at radius 2 is 1.48 bits per heavy atom. The summed E-state index contributed by atoms with van der Waals surface area (Å²) in [5.74, 6) is 0. The molecule has 0 spiro atoms. The fourth-order valence-corrected chi connectivity index (χ4v) is 2.57. The van der Waals surface area contributed by atoms with Crippen molar-refractivity contribution in [2.75, 3.05) is 19.5 Å². The lowest BCUT2D eigenvalue weighted by molar-refractivity contribution is 0.0754. The van der Waals surface area contributed by atoms with E-state index in [2.05, 4.69) is 5.32 Å². The average Bonchev–Trinajstić information content (AvgIpc) is 2.65. The number of benzene rings is 2. The van der Waals surface area contributed by atoms with E-state index in [-0.39, 0.29) is 19.8 Å². The van der Waals surface area contributed by atoms with E-state index in [0.717, 1.165) is 17.4 Å². The van der Waals surface area contributed by atoms with E-state index < -0.39 is 22.3 Å². The molecule has 0 saturated carbocycles. The second-order valence-electron chi connectivity index (χ2n) is 5.89. The topological polar surface area (TPSA) is 90.9 Å². The van der Waals surface area contributed by atoms with Gasteiger partial charge >= 0.3 is 6.09 Å². The molecular weight excluding hydrogens is 370 g/mol. The maximum Gasteiger partial charge on any atom is 0.407 e. The molecule has 27 heavy (non-hydrogen) atoms. The van der Waals surface area contributed by atoms with Crippen molar-refractivity contribution in [1.82, 2.24) is 5.32 Å². The highest BCUT2D eigenvalue weighted by Gasteiger charge is 2.17. The average molecular weight is 393 g/mol. The van der Waals surface area contributed by atoms with Gasteiger partial charge in [-0.1, -0.05) is 60.7 Å². The number of nitrogens with one attached hydrogen (secondary N) is 1. The van der Waals surface area contributed by atoms with Gasteiger partial charge in [-0.25, -0.2) is 4.79 Å². The predicted octanol–water partition coefficient (Wildman–Crippen LogP) is 2.47. The quantitative estimate of drug-likeness (QED) is 0.624. The number of rotatable bonds is 10. The first-order valence-corrected chi connectivity index (χ1v) is 10.2. The maximum absolute atomic E-state index is 12.0. The zero-order chi connectivity index (χ0) is 19.5. The van der Waals surface area contributed by atoms with E-state index in [0.29, 0.717) is 6.61 Å². The summed E-state index contributed by atoms with van der Waals surface area (Å²) in [6.45, 7) is 0.271. The molecule has 0 aliphatic carbocycles. The zero-order valence-corrected chi connectivity index (χ0v) is 15.9. The molecule has 0 aliphatic rings. The van der Waals surface area contributed by atoms with Gasteiger partial charge in [-0.2, -0.15) is 8.42 Å². The lowest BCUT2D eigenvalue weighted by Gasteiger charge is -2.18. The first-order chi connectivity index (χ1) is 12.9. The van der Waals surface area contributed by atoms with Gasteiger partial charge in [0.1, 0.15) is 6.61 Å². The summed E-state index contributed by atoms with van der Waals surface area (Å²) in [5.41, 5.74) is 1.81. The molecule has 0 radical (unpaired) electrons. The van der Waals surface area contributed by atoms with Gasteiger partial charge in [0.2, 0.25) is 0 Å². The fraction of sp³-hybridized carbons (Fsp3) is 0.316.